The van der Waals surface area contributed by atoms with Crippen molar-refractivity contribution in [2.45, 2.75) is 11.8 Å². The molecule has 0 aliphatic heterocycles. The van der Waals surface area contributed by atoms with Crippen LogP contribution in [0.2, 0.25) is 0 Å². The van der Waals surface area contributed by atoms with E-state index < -0.39 is 0 Å². The van der Waals surface area contributed by atoms with Crippen LogP contribution in [0.1, 0.15) is 5.56 Å². The number of anilines is 1. The van der Waals surface area contributed by atoms with Gasteiger partial charge in [0.05, 0.1) is 5.69 Å². The van der Waals surface area contributed by atoms with E-state index in [1.807, 2.05) is 24.5 Å². The van der Waals surface area contributed by atoms with Crippen LogP contribution in [0.3, 0.4) is 0 Å². The molecule has 2 N–H and O–H groups in total. The molecule has 0 amide bonds. The molecular formula is C8H7BrN2S. The second kappa shape index (κ2) is 3.83. The fourth-order valence-electron chi connectivity index (χ4n) is 0.855. The number of nitrogens with zero attached hydrogens (tertiary/aromatic N) is 1. The van der Waals surface area contributed by atoms with Crippen molar-refractivity contribution in [3.8, 4) is 5.40 Å². The first-order valence-corrected chi connectivity index (χ1v) is 4.87. The Balaban J connectivity index is 3.20. The zero-order valence-corrected chi connectivity index (χ0v) is 8.87. The number of aryl methyl sites for hydroxylation is 1. The Kier molecular flexibility index (Phi) is 3.01. The van der Waals surface area contributed by atoms with Crippen LogP contribution in [0.4, 0.5) is 5.69 Å². The molecule has 0 aliphatic carbocycles. The highest BCUT2D eigenvalue weighted by atomic mass is 79.9. The van der Waals surface area contributed by atoms with Crippen molar-refractivity contribution in [1.29, 1.82) is 5.26 Å². The fourth-order valence-corrected chi connectivity index (χ4v) is 2.12. The first kappa shape index (κ1) is 9.43. The summed E-state index contributed by atoms with van der Waals surface area (Å²) >= 11 is 4.40. The summed E-state index contributed by atoms with van der Waals surface area (Å²) in [6.45, 7) is 1.96. The van der Waals surface area contributed by atoms with E-state index in [2.05, 4.69) is 15.9 Å². The molecular weight excluding hydrogens is 236 g/mol. The van der Waals surface area contributed by atoms with E-state index in [1.54, 1.807) is 0 Å². The number of hydrogen-bond donors (Lipinski definition) is 1. The van der Waals surface area contributed by atoms with Gasteiger partial charge >= 0.3 is 0 Å². The van der Waals surface area contributed by atoms with Gasteiger partial charge in [-0.05, 0) is 52.3 Å². The lowest BCUT2D eigenvalue weighted by Gasteiger charge is -2.04. The van der Waals surface area contributed by atoms with Crippen LogP contribution in [0.15, 0.2) is 21.5 Å². The van der Waals surface area contributed by atoms with E-state index in [4.69, 9.17) is 11.0 Å². The largest absolute Gasteiger partial charge is 0.397 e. The molecule has 1 rings (SSSR count). The molecule has 0 aromatic heterocycles. The lowest BCUT2D eigenvalue weighted by atomic mass is 10.2. The lowest BCUT2D eigenvalue weighted by molar-refractivity contribution is 1.35. The van der Waals surface area contributed by atoms with Gasteiger partial charge in [-0.2, -0.15) is 5.26 Å². The average Bonchev–Trinajstić information content (AvgIpc) is 2.00. The third kappa shape index (κ3) is 1.93. The predicted molar refractivity (Wildman–Crippen MR) is 54.8 cm³/mol. The Morgan fingerprint density at radius 1 is 1.58 bits per heavy atom. The van der Waals surface area contributed by atoms with Crippen molar-refractivity contribution in [3.05, 3.63) is 22.2 Å². The maximum absolute atomic E-state index is 8.47. The minimum absolute atomic E-state index is 0.632. The number of nitrogens with two attached hydrogens (primary N) is 1. The average molecular weight is 243 g/mol. The van der Waals surface area contributed by atoms with Crippen molar-refractivity contribution in [2.75, 3.05) is 5.73 Å². The molecule has 0 heterocycles. The SMILES string of the molecule is Cc1cc(Br)c(N)c(SC#N)c1. The molecule has 62 valence electrons. The molecule has 2 nitrogen and oxygen atoms in total. The minimum Gasteiger partial charge on any atom is -0.397 e. The Morgan fingerprint density at radius 2 is 2.25 bits per heavy atom. The first-order valence-electron chi connectivity index (χ1n) is 3.26. The van der Waals surface area contributed by atoms with Crippen molar-refractivity contribution >= 4 is 33.4 Å². The van der Waals surface area contributed by atoms with Gasteiger partial charge in [0.15, 0.2) is 0 Å². The predicted octanol–water partition coefficient (Wildman–Crippen LogP) is 2.91. The zero-order chi connectivity index (χ0) is 9.14. The third-order valence-electron chi connectivity index (χ3n) is 1.39. The summed E-state index contributed by atoms with van der Waals surface area (Å²) in [7, 11) is 0. The van der Waals surface area contributed by atoms with Gasteiger partial charge < -0.3 is 5.73 Å². The van der Waals surface area contributed by atoms with Crippen LogP contribution >= 0.6 is 27.7 Å². The highest BCUT2D eigenvalue weighted by molar-refractivity contribution is 9.10. The molecule has 0 radical (unpaired) electrons. The Hall–Kier alpha value is -0.660. The number of rotatable bonds is 1. The highest BCUT2D eigenvalue weighted by Gasteiger charge is 2.04. The van der Waals surface area contributed by atoms with E-state index >= 15 is 0 Å². The minimum atomic E-state index is 0.632. The van der Waals surface area contributed by atoms with Crippen LogP contribution in [0.5, 0.6) is 0 Å². The normalized spacial score (nSPS) is 9.42. The van der Waals surface area contributed by atoms with E-state index in [1.165, 1.54) is 0 Å². The van der Waals surface area contributed by atoms with Gasteiger partial charge in [-0.15, -0.1) is 0 Å². The van der Waals surface area contributed by atoms with Gasteiger partial charge in [0.25, 0.3) is 0 Å². The van der Waals surface area contributed by atoms with Crippen LogP contribution in [-0.4, -0.2) is 0 Å². The van der Waals surface area contributed by atoms with Crippen molar-refractivity contribution in [2.24, 2.45) is 0 Å². The molecule has 0 atom stereocenters. The standard InChI is InChI=1S/C8H7BrN2S/c1-5-2-6(9)8(11)7(3-5)12-4-10/h2-3H,11H2,1H3. The van der Waals surface area contributed by atoms with Gasteiger partial charge in [0, 0.05) is 9.37 Å². The third-order valence-corrected chi connectivity index (χ3v) is 2.70. The summed E-state index contributed by atoms with van der Waals surface area (Å²) < 4.78 is 0.847. The van der Waals surface area contributed by atoms with Crippen LogP contribution in [0.25, 0.3) is 0 Å². The quantitative estimate of drug-likeness (QED) is 0.468. The number of nitriles is 1. The number of halogens is 1. The molecule has 12 heavy (non-hydrogen) atoms. The number of thiocyanates is 1. The molecule has 4 heteroatoms. The summed E-state index contributed by atoms with van der Waals surface area (Å²) in [6.07, 6.45) is 0. The molecule has 0 aliphatic rings. The molecule has 1 aromatic carbocycles. The summed E-state index contributed by atoms with van der Waals surface area (Å²) in [6, 6.07) is 3.82. The highest BCUT2D eigenvalue weighted by Crippen LogP contribution is 2.31. The molecule has 0 saturated carbocycles. The van der Waals surface area contributed by atoms with Gasteiger partial charge in [-0.1, -0.05) is 0 Å². The van der Waals surface area contributed by atoms with Crippen molar-refractivity contribution in [1.82, 2.24) is 0 Å². The summed E-state index contributed by atoms with van der Waals surface area (Å²) in [5.41, 5.74) is 7.44. The van der Waals surface area contributed by atoms with Gasteiger partial charge in [-0.3, -0.25) is 0 Å². The van der Waals surface area contributed by atoms with Gasteiger partial charge in [0.2, 0.25) is 0 Å². The Morgan fingerprint density at radius 3 is 2.83 bits per heavy atom. The molecule has 0 saturated heterocycles. The van der Waals surface area contributed by atoms with E-state index in [0.717, 1.165) is 26.7 Å². The second-order valence-corrected chi connectivity index (χ2v) is 4.03. The topological polar surface area (TPSA) is 49.8 Å². The molecule has 1 aromatic rings. The Labute approximate surface area is 83.9 Å². The summed E-state index contributed by atoms with van der Waals surface area (Å²) in [4.78, 5) is 0.810. The number of hydrogen-bond acceptors (Lipinski definition) is 3. The lowest BCUT2D eigenvalue weighted by Crippen LogP contribution is -1.90. The van der Waals surface area contributed by atoms with Crippen molar-refractivity contribution < 1.29 is 0 Å². The van der Waals surface area contributed by atoms with E-state index in [0.29, 0.717) is 5.69 Å². The number of thioether (sulfide) groups is 1. The van der Waals surface area contributed by atoms with Crippen LogP contribution in [-0.2, 0) is 0 Å². The molecule has 0 unspecified atom stereocenters. The van der Waals surface area contributed by atoms with E-state index in [9.17, 15) is 0 Å². The van der Waals surface area contributed by atoms with Gasteiger partial charge in [-0.25, -0.2) is 0 Å². The second-order valence-electron chi connectivity index (χ2n) is 2.35. The number of benzene rings is 1. The maximum atomic E-state index is 8.47. The van der Waals surface area contributed by atoms with Crippen LogP contribution in [0, 0.1) is 17.6 Å². The monoisotopic (exact) mass is 242 g/mol. The molecule has 0 spiro atoms. The smallest absolute Gasteiger partial charge is 0.138 e. The fraction of sp³-hybridized carbons (Fsp3) is 0.125. The summed E-state index contributed by atoms with van der Waals surface area (Å²) in [5.74, 6) is 0. The first-order chi connectivity index (χ1) is 5.65. The summed E-state index contributed by atoms with van der Waals surface area (Å²) in [5, 5.41) is 10.5. The van der Waals surface area contributed by atoms with Gasteiger partial charge in [0.1, 0.15) is 5.40 Å². The number of nitrogen functional groups attached to an aromatic ring is 1. The molecule has 0 bridgehead atoms. The zero-order valence-electron chi connectivity index (χ0n) is 6.47. The van der Waals surface area contributed by atoms with Crippen LogP contribution < -0.4 is 5.73 Å². The van der Waals surface area contributed by atoms with E-state index in [-0.39, 0.29) is 0 Å². The Bertz CT molecular complexity index is 344. The maximum Gasteiger partial charge on any atom is 0.138 e. The molecule has 0 fully saturated rings. The van der Waals surface area contributed by atoms with Crippen molar-refractivity contribution in [3.63, 3.8) is 0 Å².